The zero-order chi connectivity index (χ0) is 19.8. The van der Waals surface area contributed by atoms with Crippen LogP contribution in [0.5, 0.6) is 5.75 Å². The van der Waals surface area contributed by atoms with E-state index in [1.807, 2.05) is 25.1 Å². The van der Waals surface area contributed by atoms with Crippen molar-refractivity contribution in [3.8, 4) is 5.75 Å². The number of nitrogens with zero attached hydrogens (tertiary/aromatic N) is 1. The normalized spacial score (nSPS) is 18.5. The summed E-state index contributed by atoms with van der Waals surface area (Å²) >= 11 is 6.30. The number of anilines is 1. The smallest absolute Gasteiger partial charge is 0.336 e. The molecular formula is C22H16ClNO4. The van der Waals surface area contributed by atoms with Gasteiger partial charge in [0.15, 0.2) is 0 Å². The zero-order valence-electron chi connectivity index (χ0n) is 15.2. The second-order valence-electron chi connectivity index (χ2n) is 6.36. The van der Waals surface area contributed by atoms with Gasteiger partial charge < -0.3 is 9.47 Å². The van der Waals surface area contributed by atoms with Crippen molar-refractivity contribution < 1.29 is 19.1 Å². The van der Waals surface area contributed by atoms with E-state index >= 15 is 0 Å². The van der Waals surface area contributed by atoms with Crippen molar-refractivity contribution in [3.05, 3.63) is 88.2 Å². The molecule has 4 rings (SSSR count). The highest BCUT2D eigenvalue weighted by Crippen LogP contribution is 2.38. The molecule has 5 nitrogen and oxygen atoms in total. The van der Waals surface area contributed by atoms with Crippen LogP contribution in [0.3, 0.4) is 0 Å². The van der Waals surface area contributed by atoms with Gasteiger partial charge in [0.05, 0.1) is 18.4 Å². The highest BCUT2D eigenvalue weighted by molar-refractivity contribution is 6.31. The van der Waals surface area contributed by atoms with Gasteiger partial charge in [-0.2, -0.15) is 0 Å². The third kappa shape index (κ3) is 3.10. The molecule has 0 N–H and O–H groups in total. The number of aryl methyl sites for hydroxylation is 1. The topological polar surface area (TPSA) is 55.8 Å². The average molecular weight is 394 g/mol. The summed E-state index contributed by atoms with van der Waals surface area (Å²) < 4.78 is 10.4. The summed E-state index contributed by atoms with van der Waals surface area (Å²) in [5, 5.41) is 0.605. The third-order valence-corrected chi connectivity index (χ3v) is 5.01. The quantitative estimate of drug-likeness (QED) is 0.572. The number of carbonyl (C=O) groups excluding carboxylic acids is 2. The highest BCUT2D eigenvalue weighted by Gasteiger charge is 2.34. The Labute approximate surface area is 167 Å². The Hall–Kier alpha value is -3.31. The van der Waals surface area contributed by atoms with Crippen LogP contribution >= 0.6 is 11.6 Å². The van der Waals surface area contributed by atoms with Crippen LogP contribution in [0.1, 0.15) is 11.1 Å². The van der Waals surface area contributed by atoms with Crippen molar-refractivity contribution in [3.63, 3.8) is 0 Å². The van der Waals surface area contributed by atoms with Crippen LogP contribution in [0, 0.1) is 6.92 Å². The lowest BCUT2D eigenvalue weighted by atomic mass is 10.1. The fraction of sp³-hybridized carbons (Fsp3) is 0.0909. The fourth-order valence-corrected chi connectivity index (χ4v) is 3.27. The van der Waals surface area contributed by atoms with Crippen LogP contribution in [0.2, 0.25) is 5.02 Å². The van der Waals surface area contributed by atoms with Crippen molar-refractivity contribution in [1.29, 1.82) is 0 Å². The zero-order valence-corrected chi connectivity index (χ0v) is 16.0. The number of ether oxygens (including phenoxy) is 2. The molecule has 0 saturated carbocycles. The molecule has 28 heavy (non-hydrogen) atoms. The van der Waals surface area contributed by atoms with E-state index in [2.05, 4.69) is 0 Å². The van der Waals surface area contributed by atoms with Crippen LogP contribution in [0.25, 0.3) is 5.70 Å². The molecule has 1 amide bonds. The summed E-state index contributed by atoms with van der Waals surface area (Å²) in [5.74, 6) is 0.144. The lowest BCUT2D eigenvalue weighted by Gasteiger charge is -2.21. The molecule has 6 heteroatoms. The first-order valence-corrected chi connectivity index (χ1v) is 8.96. The number of esters is 1. The summed E-state index contributed by atoms with van der Waals surface area (Å²) in [6.45, 7) is 1.91. The van der Waals surface area contributed by atoms with Gasteiger partial charge in [0.2, 0.25) is 0 Å². The van der Waals surface area contributed by atoms with Crippen LogP contribution in [-0.4, -0.2) is 19.0 Å². The van der Waals surface area contributed by atoms with Crippen molar-refractivity contribution in [1.82, 2.24) is 0 Å². The number of cyclic esters (lactones) is 1. The molecule has 0 aromatic heterocycles. The highest BCUT2D eigenvalue weighted by atomic mass is 35.5. The molecule has 0 radical (unpaired) electrons. The van der Waals surface area contributed by atoms with Crippen molar-refractivity contribution in [2.45, 2.75) is 6.92 Å². The minimum atomic E-state index is -0.494. The number of hydrogen-bond acceptors (Lipinski definition) is 4. The molecule has 0 fully saturated rings. The van der Waals surface area contributed by atoms with Crippen molar-refractivity contribution >= 4 is 34.9 Å². The molecule has 2 aliphatic rings. The summed E-state index contributed by atoms with van der Waals surface area (Å²) in [6.07, 6.45) is 4.51. The monoisotopic (exact) mass is 393 g/mol. The fourth-order valence-electron chi connectivity index (χ4n) is 3.09. The van der Waals surface area contributed by atoms with Gasteiger partial charge in [0, 0.05) is 22.3 Å². The van der Waals surface area contributed by atoms with Crippen molar-refractivity contribution in [2.24, 2.45) is 0 Å². The Morgan fingerprint density at radius 1 is 1.04 bits per heavy atom. The molecule has 2 aliphatic heterocycles. The van der Waals surface area contributed by atoms with Crippen LogP contribution in [0.4, 0.5) is 5.69 Å². The van der Waals surface area contributed by atoms with Gasteiger partial charge in [0.1, 0.15) is 11.5 Å². The molecule has 0 aliphatic carbocycles. The maximum atomic E-state index is 13.2. The Bertz CT molecular complexity index is 1080. The number of carbonyl (C=O) groups is 2. The molecule has 0 saturated heterocycles. The molecule has 0 unspecified atom stereocenters. The molecule has 0 spiro atoms. The van der Waals surface area contributed by atoms with Gasteiger partial charge in [-0.3, -0.25) is 9.69 Å². The number of allylic oxidation sites excluding steroid dienone is 1. The molecular weight excluding hydrogens is 378 g/mol. The lowest BCUT2D eigenvalue weighted by molar-refractivity contribution is -0.132. The maximum Gasteiger partial charge on any atom is 0.336 e. The first-order valence-electron chi connectivity index (χ1n) is 8.59. The summed E-state index contributed by atoms with van der Waals surface area (Å²) in [4.78, 5) is 26.2. The molecule has 0 atom stereocenters. The molecule has 140 valence electrons. The van der Waals surface area contributed by atoms with E-state index in [1.54, 1.807) is 42.4 Å². The van der Waals surface area contributed by atoms with Gasteiger partial charge in [-0.05, 0) is 55.0 Å². The van der Waals surface area contributed by atoms with Gasteiger partial charge >= 0.3 is 5.97 Å². The van der Waals surface area contributed by atoms with E-state index in [1.165, 1.54) is 12.2 Å². The molecule has 2 aromatic carbocycles. The van der Waals surface area contributed by atoms with Gasteiger partial charge in [-0.1, -0.05) is 23.7 Å². The third-order valence-electron chi connectivity index (χ3n) is 4.60. The van der Waals surface area contributed by atoms with Gasteiger partial charge in [-0.15, -0.1) is 0 Å². The second-order valence-corrected chi connectivity index (χ2v) is 6.77. The van der Waals surface area contributed by atoms with Crippen molar-refractivity contribution in [2.75, 3.05) is 12.0 Å². The van der Waals surface area contributed by atoms with Crippen LogP contribution in [0.15, 0.2) is 72.0 Å². The van der Waals surface area contributed by atoms with Crippen LogP contribution < -0.4 is 9.64 Å². The van der Waals surface area contributed by atoms with Gasteiger partial charge in [-0.25, -0.2) is 4.79 Å². The predicted molar refractivity (Wildman–Crippen MR) is 107 cm³/mol. The van der Waals surface area contributed by atoms with Crippen LogP contribution in [-0.2, 0) is 14.3 Å². The molecule has 2 aromatic rings. The Morgan fingerprint density at radius 3 is 2.39 bits per heavy atom. The number of benzene rings is 2. The number of rotatable bonds is 3. The SMILES string of the molecule is COc1ccc(N2C(=O)/C(=C3\C=CC(=O)O3)C=C2c2ccc(C)c(Cl)c2)cc1. The summed E-state index contributed by atoms with van der Waals surface area (Å²) in [5.41, 5.74) is 3.35. The standard InChI is InChI=1S/C22H16ClNO4/c1-13-3-4-14(11-18(13)23)19-12-17(20-9-10-21(25)28-20)22(26)24(19)15-5-7-16(27-2)8-6-15/h3-12H,1-2H3/b20-17+. The van der Waals surface area contributed by atoms with E-state index in [0.29, 0.717) is 27.7 Å². The molecule has 2 heterocycles. The Morgan fingerprint density at radius 2 is 1.79 bits per heavy atom. The van der Waals surface area contributed by atoms with E-state index in [-0.39, 0.29) is 11.7 Å². The number of halogens is 1. The van der Waals surface area contributed by atoms with Gasteiger partial charge in [0.25, 0.3) is 5.91 Å². The number of methoxy groups -OCH3 is 1. The Kier molecular flexibility index (Phi) is 4.53. The number of hydrogen-bond donors (Lipinski definition) is 0. The minimum absolute atomic E-state index is 0.238. The van der Waals surface area contributed by atoms with E-state index in [4.69, 9.17) is 21.1 Å². The van der Waals surface area contributed by atoms with E-state index in [9.17, 15) is 9.59 Å². The maximum absolute atomic E-state index is 13.2. The number of amides is 1. The Balaban J connectivity index is 1.85. The van der Waals surface area contributed by atoms with E-state index in [0.717, 1.165) is 11.1 Å². The first-order chi connectivity index (χ1) is 13.5. The largest absolute Gasteiger partial charge is 0.497 e. The first kappa shape index (κ1) is 18.1. The predicted octanol–water partition coefficient (Wildman–Crippen LogP) is 4.41. The molecule has 0 bridgehead atoms. The second kappa shape index (κ2) is 7.02. The summed E-state index contributed by atoms with van der Waals surface area (Å²) in [6, 6.07) is 12.8. The average Bonchev–Trinajstić information content (AvgIpc) is 3.27. The van der Waals surface area contributed by atoms with E-state index < -0.39 is 5.97 Å². The lowest BCUT2D eigenvalue weighted by Crippen LogP contribution is -2.25. The summed E-state index contributed by atoms with van der Waals surface area (Å²) in [7, 11) is 1.58. The minimum Gasteiger partial charge on any atom is -0.497 e.